The van der Waals surface area contributed by atoms with Crippen LogP contribution in [0.3, 0.4) is 0 Å². The van der Waals surface area contributed by atoms with Crippen molar-refractivity contribution in [3.63, 3.8) is 0 Å². The van der Waals surface area contributed by atoms with Gasteiger partial charge in [-0.2, -0.15) is 0 Å². The van der Waals surface area contributed by atoms with Crippen molar-refractivity contribution in [1.82, 2.24) is 10.6 Å². The van der Waals surface area contributed by atoms with Crippen LogP contribution in [0.1, 0.15) is 43.6 Å². The molecule has 0 fully saturated rings. The molecule has 1 rings (SSSR count). The monoisotopic (exact) mass is 307 g/mol. The number of alkyl carbamates (subject to hydrolysis) is 1. The van der Waals surface area contributed by atoms with Crippen LogP contribution < -0.4 is 16.4 Å². The van der Waals surface area contributed by atoms with Gasteiger partial charge in [0.1, 0.15) is 5.60 Å². The minimum Gasteiger partial charge on any atom is -0.444 e. The van der Waals surface area contributed by atoms with Crippen molar-refractivity contribution in [1.29, 1.82) is 0 Å². The number of nitrogens with one attached hydrogen (secondary N) is 2. The molecule has 1 unspecified atom stereocenters. The number of carbonyl (C=O) groups excluding carboxylic acids is 2. The highest BCUT2D eigenvalue weighted by atomic mass is 16.6. The van der Waals surface area contributed by atoms with Gasteiger partial charge >= 0.3 is 6.09 Å². The zero-order valence-corrected chi connectivity index (χ0v) is 13.6. The number of carbonyl (C=O) groups is 2. The summed E-state index contributed by atoms with van der Waals surface area (Å²) < 4.78 is 5.16. The van der Waals surface area contributed by atoms with Crippen LogP contribution in [0.5, 0.6) is 0 Å². The first-order chi connectivity index (χ1) is 10.2. The lowest BCUT2D eigenvalue weighted by molar-refractivity contribution is 0.0523. The maximum Gasteiger partial charge on any atom is 0.407 e. The van der Waals surface area contributed by atoms with E-state index in [1.165, 1.54) is 0 Å². The summed E-state index contributed by atoms with van der Waals surface area (Å²) in [6.45, 7) is 8.44. The molecular weight excluding hydrogens is 282 g/mol. The first-order valence-corrected chi connectivity index (χ1v) is 7.26. The third kappa shape index (κ3) is 7.08. The van der Waals surface area contributed by atoms with Crippen LogP contribution in [0.25, 0.3) is 0 Å². The van der Waals surface area contributed by atoms with E-state index < -0.39 is 17.6 Å². The minimum atomic E-state index is -0.504. The Morgan fingerprint density at radius 1 is 1.32 bits per heavy atom. The highest BCUT2D eigenvalue weighted by Gasteiger charge is 2.16. The fourth-order valence-electron chi connectivity index (χ4n) is 1.75. The van der Waals surface area contributed by atoms with Crippen LogP contribution in [-0.2, 0) is 11.3 Å². The maximum atomic E-state index is 11.5. The van der Waals surface area contributed by atoms with Crippen LogP contribution in [0.2, 0.25) is 0 Å². The maximum absolute atomic E-state index is 11.5. The summed E-state index contributed by atoms with van der Waals surface area (Å²) in [6, 6.07) is 7.20. The molecule has 1 aromatic carbocycles. The second-order valence-electron chi connectivity index (χ2n) is 6.23. The third-order valence-corrected chi connectivity index (χ3v) is 2.82. The van der Waals surface area contributed by atoms with Crippen molar-refractivity contribution in [2.24, 2.45) is 5.73 Å². The Morgan fingerprint density at radius 2 is 2.00 bits per heavy atom. The fraction of sp³-hybridized carbons (Fsp3) is 0.500. The summed E-state index contributed by atoms with van der Waals surface area (Å²) >= 11 is 0. The molecule has 0 aliphatic carbocycles. The molecule has 0 radical (unpaired) electrons. The lowest BCUT2D eigenvalue weighted by atomic mass is 10.1. The Labute approximate surface area is 131 Å². The van der Waals surface area contributed by atoms with Crippen molar-refractivity contribution in [3.8, 4) is 0 Å². The minimum absolute atomic E-state index is 0.0600. The standard InChI is InChI=1S/C16H25N3O3/c1-11(9-19-15(21)22-16(2,3)4)18-10-12-6-5-7-13(8-12)14(17)20/h5-8,11,18H,9-10H2,1-4H3,(H2,17,20)(H,19,21). The molecule has 0 spiro atoms. The van der Waals surface area contributed by atoms with E-state index in [0.717, 1.165) is 5.56 Å². The number of hydrogen-bond acceptors (Lipinski definition) is 4. The Morgan fingerprint density at radius 3 is 2.59 bits per heavy atom. The highest BCUT2D eigenvalue weighted by molar-refractivity contribution is 5.92. The molecule has 1 aromatic rings. The van der Waals surface area contributed by atoms with Gasteiger partial charge in [-0.05, 0) is 45.4 Å². The molecule has 0 aliphatic heterocycles. The molecular formula is C16H25N3O3. The van der Waals surface area contributed by atoms with E-state index in [-0.39, 0.29) is 6.04 Å². The molecule has 4 N–H and O–H groups in total. The van der Waals surface area contributed by atoms with Gasteiger partial charge in [-0.1, -0.05) is 12.1 Å². The van der Waals surface area contributed by atoms with E-state index in [1.54, 1.807) is 18.2 Å². The molecule has 0 bridgehead atoms. The average Bonchev–Trinajstić information content (AvgIpc) is 2.41. The first kappa shape index (κ1) is 18.0. The SMILES string of the molecule is CC(CNC(=O)OC(C)(C)C)NCc1cccc(C(N)=O)c1. The van der Waals surface area contributed by atoms with Gasteiger partial charge < -0.3 is 21.1 Å². The normalized spacial score (nSPS) is 12.5. The predicted octanol–water partition coefficient (Wildman–Crippen LogP) is 1.79. The smallest absolute Gasteiger partial charge is 0.407 e. The van der Waals surface area contributed by atoms with Crippen LogP contribution in [0.4, 0.5) is 4.79 Å². The molecule has 22 heavy (non-hydrogen) atoms. The quantitative estimate of drug-likeness (QED) is 0.747. The van der Waals surface area contributed by atoms with Crippen LogP contribution in [0, 0.1) is 0 Å². The lowest BCUT2D eigenvalue weighted by Crippen LogP contribution is -2.41. The van der Waals surface area contributed by atoms with E-state index in [2.05, 4.69) is 10.6 Å². The van der Waals surface area contributed by atoms with Crippen LogP contribution in [0.15, 0.2) is 24.3 Å². The summed E-state index contributed by atoms with van der Waals surface area (Å²) in [7, 11) is 0. The van der Waals surface area contributed by atoms with Crippen molar-refractivity contribution in [3.05, 3.63) is 35.4 Å². The molecule has 0 saturated carbocycles. The summed E-state index contributed by atoms with van der Waals surface area (Å²) in [5.74, 6) is -0.443. The van der Waals surface area contributed by atoms with Crippen molar-refractivity contribution in [2.45, 2.75) is 45.9 Å². The van der Waals surface area contributed by atoms with Gasteiger partial charge in [0.25, 0.3) is 0 Å². The average molecular weight is 307 g/mol. The third-order valence-electron chi connectivity index (χ3n) is 2.82. The molecule has 2 amide bonds. The van der Waals surface area contributed by atoms with Crippen molar-refractivity contribution in [2.75, 3.05) is 6.54 Å². The van der Waals surface area contributed by atoms with Gasteiger partial charge in [-0.15, -0.1) is 0 Å². The largest absolute Gasteiger partial charge is 0.444 e. The zero-order chi connectivity index (χ0) is 16.8. The molecule has 6 heteroatoms. The molecule has 0 aliphatic rings. The van der Waals surface area contributed by atoms with Crippen molar-refractivity contribution < 1.29 is 14.3 Å². The lowest BCUT2D eigenvalue weighted by Gasteiger charge is -2.21. The number of primary amides is 1. The zero-order valence-electron chi connectivity index (χ0n) is 13.6. The molecule has 1 atom stereocenters. The van der Waals surface area contributed by atoms with Gasteiger partial charge in [0.05, 0.1) is 0 Å². The van der Waals surface area contributed by atoms with Gasteiger partial charge in [-0.25, -0.2) is 4.79 Å². The molecule has 0 saturated heterocycles. The number of rotatable bonds is 6. The van der Waals surface area contributed by atoms with Gasteiger partial charge in [0.2, 0.25) is 5.91 Å². The predicted molar refractivity (Wildman–Crippen MR) is 85.5 cm³/mol. The summed E-state index contributed by atoms with van der Waals surface area (Å²) in [6.07, 6.45) is -0.433. The molecule has 122 valence electrons. The van der Waals surface area contributed by atoms with Gasteiger partial charge in [0.15, 0.2) is 0 Å². The summed E-state index contributed by atoms with van der Waals surface area (Å²) in [4.78, 5) is 22.7. The molecule has 6 nitrogen and oxygen atoms in total. The highest BCUT2D eigenvalue weighted by Crippen LogP contribution is 2.07. The van der Waals surface area contributed by atoms with Crippen LogP contribution >= 0.6 is 0 Å². The number of amides is 2. The van der Waals surface area contributed by atoms with E-state index in [9.17, 15) is 9.59 Å². The Hall–Kier alpha value is -2.08. The summed E-state index contributed by atoms with van der Waals surface area (Å²) in [5, 5.41) is 5.97. The first-order valence-electron chi connectivity index (χ1n) is 7.26. The second-order valence-corrected chi connectivity index (χ2v) is 6.23. The topological polar surface area (TPSA) is 93.4 Å². The van der Waals surface area contributed by atoms with E-state index in [0.29, 0.717) is 18.7 Å². The summed E-state index contributed by atoms with van der Waals surface area (Å²) in [5.41, 5.74) is 6.19. The number of nitrogens with two attached hydrogens (primary N) is 1. The Kier molecular flexibility index (Phi) is 6.37. The Balaban J connectivity index is 2.37. The van der Waals surface area contributed by atoms with E-state index in [4.69, 9.17) is 10.5 Å². The fourth-order valence-corrected chi connectivity index (χ4v) is 1.75. The molecule has 0 aromatic heterocycles. The van der Waals surface area contributed by atoms with Gasteiger partial charge in [-0.3, -0.25) is 4.79 Å². The van der Waals surface area contributed by atoms with Crippen LogP contribution in [-0.4, -0.2) is 30.2 Å². The molecule has 0 heterocycles. The Bertz CT molecular complexity index is 524. The second kappa shape index (κ2) is 7.79. The van der Waals surface area contributed by atoms with E-state index >= 15 is 0 Å². The number of hydrogen-bond donors (Lipinski definition) is 3. The van der Waals surface area contributed by atoms with Crippen molar-refractivity contribution >= 4 is 12.0 Å². The van der Waals surface area contributed by atoms with Gasteiger partial charge in [0, 0.05) is 24.7 Å². The number of ether oxygens (including phenoxy) is 1. The van der Waals surface area contributed by atoms with E-state index in [1.807, 2.05) is 33.8 Å². The number of benzene rings is 1.